The number of carbonyl (C=O) groups is 1. The van der Waals surface area contributed by atoms with E-state index in [1.54, 1.807) is 11.3 Å². The highest BCUT2D eigenvalue weighted by Crippen LogP contribution is 2.24. The first-order valence-electron chi connectivity index (χ1n) is 8.94. The van der Waals surface area contributed by atoms with Crippen LogP contribution in [0.25, 0.3) is 10.2 Å². The highest BCUT2D eigenvalue weighted by atomic mass is 32.1. The highest BCUT2D eigenvalue weighted by Gasteiger charge is 2.21. The number of rotatable bonds is 2. The van der Waals surface area contributed by atoms with E-state index in [2.05, 4.69) is 27.9 Å². The van der Waals surface area contributed by atoms with Crippen molar-refractivity contribution >= 4 is 33.1 Å². The lowest BCUT2D eigenvalue weighted by atomic mass is 10.2. The van der Waals surface area contributed by atoms with Gasteiger partial charge >= 0.3 is 0 Å². The van der Waals surface area contributed by atoms with E-state index in [-0.39, 0.29) is 5.91 Å². The summed E-state index contributed by atoms with van der Waals surface area (Å²) >= 11 is 1.64. The summed E-state index contributed by atoms with van der Waals surface area (Å²) in [5.74, 6) is 0.117. The molecular formula is C20H22N4OS. The minimum atomic E-state index is 0.117. The van der Waals surface area contributed by atoms with Crippen LogP contribution in [0.3, 0.4) is 0 Å². The van der Waals surface area contributed by atoms with Crippen molar-refractivity contribution in [2.45, 2.75) is 20.3 Å². The Labute approximate surface area is 157 Å². The van der Waals surface area contributed by atoms with Crippen LogP contribution in [-0.2, 0) is 0 Å². The smallest absolute Gasteiger partial charge is 0.253 e. The number of thiazole rings is 1. The van der Waals surface area contributed by atoms with Crippen LogP contribution in [0.4, 0.5) is 5.69 Å². The molecule has 4 rings (SSSR count). The number of anilines is 1. The normalized spacial score (nSPS) is 15.3. The molecule has 0 atom stereocenters. The molecule has 6 heteroatoms. The maximum atomic E-state index is 13.0. The molecule has 1 aromatic carbocycles. The van der Waals surface area contributed by atoms with Crippen LogP contribution < -0.4 is 4.90 Å². The molecule has 3 aromatic rings. The second kappa shape index (κ2) is 7.03. The summed E-state index contributed by atoms with van der Waals surface area (Å²) in [7, 11) is 0. The summed E-state index contributed by atoms with van der Waals surface area (Å²) in [4.78, 5) is 26.0. The van der Waals surface area contributed by atoms with Crippen molar-refractivity contribution in [2.75, 3.05) is 31.1 Å². The van der Waals surface area contributed by atoms with Gasteiger partial charge in [-0.3, -0.25) is 9.78 Å². The van der Waals surface area contributed by atoms with Crippen LogP contribution in [0.2, 0.25) is 0 Å². The quantitative estimate of drug-likeness (QED) is 0.694. The molecule has 1 aliphatic rings. The van der Waals surface area contributed by atoms with E-state index in [1.165, 1.54) is 11.3 Å². The third kappa shape index (κ3) is 3.29. The lowest BCUT2D eigenvalue weighted by molar-refractivity contribution is 0.0767. The lowest BCUT2D eigenvalue weighted by Gasteiger charge is -2.25. The Morgan fingerprint density at radius 2 is 2.00 bits per heavy atom. The van der Waals surface area contributed by atoms with Gasteiger partial charge in [-0.05, 0) is 50.1 Å². The number of fused-ring (bicyclic) bond motifs is 1. The van der Waals surface area contributed by atoms with Crippen molar-refractivity contribution in [2.24, 2.45) is 0 Å². The zero-order valence-corrected chi connectivity index (χ0v) is 15.9. The average molecular weight is 366 g/mol. The van der Waals surface area contributed by atoms with Crippen molar-refractivity contribution in [3.63, 3.8) is 0 Å². The van der Waals surface area contributed by atoms with Gasteiger partial charge in [0.2, 0.25) is 0 Å². The maximum Gasteiger partial charge on any atom is 0.253 e. The van der Waals surface area contributed by atoms with Gasteiger partial charge in [-0.25, -0.2) is 4.98 Å². The Balaban J connectivity index is 1.51. The Hall–Kier alpha value is -2.47. The third-order valence-corrected chi connectivity index (χ3v) is 5.79. The molecular weight excluding hydrogens is 344 g/mol. The monoisotopic (exact) mass is 366 g/mol. The van der Waals surface area contributed by atoms with Crippen molar-refractivity contribution in [3.05, 3.63) is 52.8 Å². The van der Waals surface area contributed by atoms with Gasteiger partial charge in [0.1, 0.15) is 0 Å². The van der Waals surface area contributed by atoms with Gasteiger partial charge in [-0.1, -0.05) is 0 Å². The van der Waals surface area contributed by atoms with Crippen molar-refractivity contribution < 1.29 is 4.79 Å². The Bertz CT molecular complexity index is 952. The third-order valence-electron chi connectivity index (χ3n) is 4.86. The summed E-state index contributed by atoms with van der Waals surface area (Å²) < 4.78 is 1.08. The number of benzene rings is 1. The van der Waals surface area contributed by atoms with E-state index < -0.39 is 0 Å². The molecule has 0 unspecified atom stereocenters. The topological polar surface area (TPSA) is 49.3 Å². The summed E-state index contributed by atoms with van der Waals surface area (Å²) in [5, 5.41) is 1.03. The van der Waals surface area contributed by atoms with Crippen LogP contribution in [0.1, 0.15) is 27.3 Å². The number of hydrogen-bond donors (Lipinski definition) is 0. The molecule has 0 radical (unpaired) electrons. The van der Waals surface area contributed by atoms with E-state index in [1.807, 2.05) is 42.4 Å². The first-order chi connectivity index (χ1) is 12.6. The number of nitrogens with zero attached hydrogens (tertiary/aromatic N) is 4. The van der Waals surface area contributed by atoms with Gasteiger partial charge in [0, 0.05) is 49.8 Å². The standard InChI is InChI=1S/C20H22N4OS/c1-14-13-21-7-6-18(14)23-8-3-9-24(11-10-23)20(25)16-4-5-17-19(12-16)26-15(2)22-17/h4-7,12-13H,3,8-11H2,1-2H3. The van der Waals surface area contributed by atoms with Crippen molar-refractivity contribution in [1.82, 2.24) is 14.9 Å². The number of pyridine rings is 1. The van der Waals surface area contributed by atoms with E-state index in [0.29, 0.717) is 0 Å². The molecule has 3 heterocycles. The molecule has 2 aromatic heterocycles. The number of aromatic nitrogens is 2. The number of amides is 1. The molecule has 1 amide bonds. The van der Waals surface area contributed by atoms with Crippen LogP contribution in [0.5, 0.6) is 0 Å². The molecule has 1 fully saturated rings. The Morgan fingerprint density at radius 3 is 2.85 bits per heavy atom. The molecule has 134 valence electrons. The van der Waals surface area contributed by atoms with E-state index >= 15 is 0 Å². The highest BCUT2D eigenvalue weighted by molar-refractivity contribution is 7.18. The summed E-state index contributed by atoms with van der Waals surface area (Å²) in [6, 6.07) is 7.90. The van der Waals surface area contributed by atoms with Gasteiger partial charge in [0.25, 0.3) is 5.91 Å². The fourth-order valence-corrected chi connectivity index (χ4v) is 4.40. The minimum absolute atomic E-state index is 0.117. The van der Waals surface area contributed by atoms with Crippen LogP contribution in [0, 0.1) is 13.8 Å². The van der Waals surface area contributed by atoms with Crippen LogP contribution >= 0.6 is 11.3 Å². The van der Waals surface area contributed by atoms with Gasteiger partial charge < -0.3 is 9.80 Å². The SMILES string of the molecule is Cc1nc2ccc(C(=O)N3CCCN(c4ccncc4C)CC3)cc2s1. The lowest BCUT2D eigenvalue weighted by Crippen LogP contribution is -2.35. The predicted octanol–water partition coefficient (Wildman–Crippen LogP) is 3.66. The van der Waals surface area contributed by atoms with E-state index in [0.717, 1.165) is 53.4 Å². The average Bonchev–Trinajstić information content (AvgIpc) is 2.85. The van der Waals surface area contributed by atoms with Crippen molar-refractivity contribution in [1.29, 1.82) is 0 Å². The number of aryl methyl sites for hydroxylation is 2. The predicted molar refractivity (Wildman–Crippen MR) is 106 cm³/mol. The molecule has 0 spiro atoms. The second-order valence-electron chi connectivity index (χ2n) is 6.71. The summed E-state index contributed by atoms with van der Waals surface area (Å²) in [6.45, 7) is 7.42. The summed E-state index contributed by atoms with van der Waals surface area (Å²) in [5.41, 5.74) is 4.13. The van der Waals surface area contributed by atoms with Crippen LogP contribution in [0.15, 0.2) is 36.7 Å². The second-order valence-corrected chi connectivity index (χ2v) is 7.95. The van der Waals surface area contributed by atoms with Crippen molar-refractivity contribution in [3.8, 4) is 0 Å². The minimum Gasteiger partial charge on any atom is -0.369 e. The largest absolute Gasteiger partial charge is 0.369 e. The van der Waals surface area contributed by atoms with Crippen LogP contribution in [-0.4, -0.2) is 47.0 Å². The van der Waals surface area contributed by atoms with E-state index in [4.69, 9.17) is 0 Å². The molecule has 0 N–H and O–H groups in total. The zero-order chi connectivity index (χ0) is 18.1. The Morgan fingerprint density at radius 1 is 1.12 bits per heavy atom. The molecule has 1 aliphatic heterocycles. The number of hydrogen-bond acceptors (Lipinski definition) is 5. The van der Waals surface area contributed by atoms with E-state index in [9.17, 15) is 4.79 Å². The van der Waals surface area contributed by atoms with Gasteiger partial charge in [0.05, 0.1) is 15.2 Å². The van der Waals surface area contributed by atoms with Gasteiger partial charge in [-0.15, -0.1) is 11.3 Å². The first kappa shape index (κ1) is 17.0. The molecule has 0 bridgehead atoms. The maximum absolute atomic E-state index is 13.0. The number of carbonyl (C=O) groups excluding carboxylic acids is 1. The van der Waals surface area contributed by atoms with Gasteiger partial charge in [-0.2, -0.15) is 0 Å². The fraction of sp³-hybridized carbons (Fsp3) is 0.350. The first-order valence-corrected chi connectivity index (χ1v) is 9.75. The van der Waals surface area contributed by atoms with Gasteiger partial charge in [0.15, 0.2) is 0 Å². The Kier molecular flexibility index (Phi) is 4.59. The molecule has 26 heavy (non-hydrogen) atoms. The molecule has 5 nitrogen and oxygen atoms in total. The fourth-order valence-electron chi connectivity index (χ4n) is 3.54. The molecule has 0 saturated carbocycles. The zero-order valence-electron chi connectivity index (χ0n) is 15.1. The molecule has 0 aliphatic carbocycles. The molecule has 1 saturated heterocycles. The summed E-state index contributed by atoms with van der Waals surface area (Å²) in [6.07, 6.45) is 4.70.